The number of nitrogens with one attached hydrogen (secondary N) is 1. The molecule has 1 amide bonds. The summed E-state index contributed by atoms with van der Waals surface area (Å²) in [6.45, 7) is 5.87. The van der Waals surface area contributed by atoms with Crippen molar-refractivity contribution in [3.05, 3.63) is 78.6 Å². The Hall–Kier alpha value is -2.46. The maximum atomic E-state index is 12.4. The lowest BCUT2D eigenvalue weighted by Crippen LogP contribution is -2.38. The van der Waals surface area contributed by atoms with E-state index in [1.54, 1.807) is 19.2 Å². The number of aromatic nitrogens is 1. The fraction of sp³-hybridized carbons (Fsp3) is 0.263. The minimum absolute atomic E-state index is 0.159. The van der Waals surface area contributed by atoms with Gasteiger partial charge in [-0.05, 0) is 31.0 Å². The normalized spacial score (nSPS) is 13.1. The minimum Gasteiger partial charge on any atom is -0.368 e. The zero-order valence-electron chi connectivity index (χ0n) is 13.3. The highest BCUT2D eigenvalue weighted by molar-refractivity contribution is 5.81. The molecule has 0 saturated carbocycles. The van der Waals surface area contributed by atoms with Crippen LogP contribution in [0.3, 0.4) is 0 Å². The molecule has 0 bridgehead atoms. The lowest BCUT2D eigenvalue weighted by atomic mass is 10.0. The smallest absolute Gasteiger partial charge is 0.249 e. The van der Waals surface area contributed by atoms with Crippen molar-refractivity contribution in [3.8, 4) is 0 Å². The van der Waals surface area contributed by atoms with Crippen LogP contribution in [0.1, 0.15) is 30.6 Å². The standard InChI is InChI=1S/C19H22N2O2/c1-3-4-14-23-15(2)19(22)21-18(16-10-6-5-7-11-16)17-12-8-9-13-20-17/h3,5-13,15,18H,1,4,14H2,2H3,(H,21,22). The van der Waals surface area contributed by atoms with E-state index in [0.717, 1.165) is 17.7 Å². The first-order chi connectivity index (χ1) is 11.2. The van der Waals surface area contributed by atoms with Crippen molar-refractivity contribution >= 4 is 5.91 Å². The molecule has 0 spiro atoms. The second-order valence-corrected chi connectivity index (χ2v) is 5.20. The Bertz CT molecular complexity index is 574. The molecule has 2 atom stereocenters. The van der Waals surface area contributed by atoms with Crippen LogP contribution in [0.5, 0.6) is 0 Å². The Morgan fingerprint density at radius 3 is 2.65 bits per heavy atom. The topological polar surface area (TPSA) is 51.2 Å². The van der Waals surface area contributed by atoms with Crippen LogP contribution in [0, 0.1) is 0 Å². The first kappa shape index (κ1) is 16.9. The number of pyridine rings is 1. The average molecular weight is 310 g/mol. The highest BCUT2D eigenvalue weighted by Gasteiger charge is 2.21. The first-order valence-corrected chi connectivity index (χ1v) is 7.71. The fourth-order valence-electron chi connectivity index (χ4n) is 2.18. The summed E-state index contributed by atoms with van der Waals surface area (Å²) in [5, 5.41) is 3.02. The van der Waals surface area contributed by atoms with E-state index >= 15 is 0 Å². The molecule has 1 aromatic carbocycles. The number of benzene rings is 1. The van der Waals surface area contributed by atoms with E-state index in [4.69, 9.17) is 4.74 Å². The first-order valence-electron chi connectivity index (χ1n) is 7.71. The van der Waals surface area contributed by atoms with Crippen LogP contribution >= 0.6 is 0 Å². The number of rotatable bonds is 8. The zero-order valence-corrected chi connectivity index (χ0v) is 13.3. The molecule has 0 aliphatic rings. The summed E-state index contributed by atoms with van der Waals surface area (Å²) >= 11 is 0. The number of carbonyl (C=O) groups excluding carboxylic acids is 1. The third-order valence-corrected chi connectivity index (χ3v) is 3.46. The predicted molar refractivity (Wildman–Crippen MR) is 90.9 cm³/mol. The van der Waals surface area contributed by atoms with Gasteiger partial charge >= 0.3 is 0 Å². The van der Waals surface area contributed by atoms with Crippen molar-refractivity contribution in [3.63, 3.8) is 0 Å². The molecule has 1 heterocycles. The second kappa shape index (κ2) is 8.86. The third kappa shape index (κ3) is 5.04. The number of carbonyl (C=O) groups is 1. The van der Waals surface area contributed by atoms with Gasteiger partial charge in [0.2, 0.25) is 5.91 Å². The molecule has 2 rings (SSSR count). The SMILES string of the molecule is C=CCCOC(C)C(=O)NC(c1ccccc1)c1ccccn1. The Labute approximate surface area is 137 Å². The van der Waals surface area contributed by atoms with Gasteiger partial charge in [-0.15, -0.1) is 6.58 Å². The van der Waals surface area contributed by atoms with E-state index in [1.807, 2.05) is 48.5 Å². The van der Waals surface area contributed by atoms with Gasteiger partial charge in [0.05, 0.1) is 18.3 Å². The third-order valence-electron chi connectivity index (χ3n) is 3.46. The number of amides is 1. The largest absolute Gasteiger partial charge is 0.368 e. The molecule has 23 heavy (non-hydrogen) atoms. The molecule has 0 aliphatic carbocycles. The minimum atomic E-state index is -0.523. The summed E-state index contributed by atoms with van der Waals surface area (Å²) in [7, 11) is 0. The van der Waals surface area contributed by atoms with E-state index < -0.39 is 6.10 Å². The zero-order chi connectivity index (χ0) is 16.5. The van der Waals surface area contributed by atoms with Crippen LogP contribution in [-0.2, 0) is 9.53 Å². The van der Waals surface area contributed by atoms with Gasteiger partial charge in [0.25, 0.3) is 0 Å². The predicted octanol–water partition coefficient (Wildman–Crippen LogP) is 3.27. The molecule has 2 aromatic rings. The number of hydrogen-bond donors (Lipinski definition) is 1. The van der Waals surface area contributed by atoms with Gasteiger partial charge in [-0.3, -0.25) is 9.78 Å². The Kier molecular flexibility index (Phi) is 6.51. The van der Waals surface area contributed by atoms with E-state index in [-0.39, 0.29) is 11.9 Å². The molecule has 4 nitrogen and oxygen atoms in total. The molecule has 0 fully saturated rings. The van der Waals surface area contributed by atoms with Crippen LogP contribution < -0.4 is 5.32 Å². The summed E-state index contributed by atoms with van der Waals surface area (Å²) in [4.78, 5) is 16.8. The van der Waals surface area contributed by atoms with E-state index in [9.17, 15) is 4.79 Å². The van der Waals surface area contributed by atoms with Crippen molar-refractivity contribution in [2.24, 2.45) is 0 Å². The van der Waals surface area contributed by atoms with Crippen LogP contribution in [0.4, 0.5) is 0 Å². The molecule has 120 valence electrons. The number of ether oxygens (including phenoxy) is 1. The van der Waals surface area contributed by atoms with E-state index in [0.29, 0.717) is 6.61 Å². The summed E-state index contributed by atoms with van der Waals surface area (Å²) in [6, 6.07) is 15.2. The molecule has 0 radical (unpaired) electrons. The summed E-state index contributed by atoms with van der Waals surface area (Å²) in [5.41, 5.74) is 1.78. The monoisotopic (exact) mass is 310 g/mol. The van der Waals surface area contributed by atoms with Crippen LogP contribution in [-0.4, -0.2) is 23.6 Å². The highest BCUT2D eigenvalue weighted by Crippen LogP contribution is 2.20. The van der Waals surface area contributed by atoms with Crippen LogP contribution in [0.25, 0.3) is 0 Å². The number of hydrogen-bond acceptors (Lipinski definition) is 3. The van der Waals surface area contributed by atoms with Crippen molar-refractivity contribution < 1.29 is 9.53 Å². The quantitative estimate of drug-likeness (QED) is 0.601. The Morgan fingerprint density at radius 2 is 2.00 bits per heavy atom. The number of nitrogens with zero attached hydrogens (tertiary/aromatic N) is 1. The van der Waals surface area contributed by atoms with E-state index in [1.165, 1.54) is 0 Å². The molecule has 1 N–H and O–H groups in total. The molecule has 2 unspecified atom stereocenters. The Balaban J connectivity index is 2.12. The van der Waals surface area contributed by atoms with Gasteiger partial charge in [-0.2, -0.15) is 0 Å². The van der Waals surface area contributed by atoms with Crippen molar-refractivity contribution in [2.75, 3.05) is 6.61 Å². The van der Waals surface area contributed by atoms with Gasteiger partial charge in [0, 0.05) is 6.20 Å². The van der Waals surface area contributed by atoms with E-state index in [2.05, 4.69) is 16.9 Å². The fourth-order valence-corrected chi connectivity index (χ4v) is 2.18. The van der Waals surface area contributed by atoms with Gasteiger partial charge < -0.3 is 10.1 Å². The lowest BCUT2D eigenvalue weighted by Gasteiger charge is -2.21. The van der Waals surface area contributed by atoms with Crippen LogP contribution in [0.15, 0.2) is 67.4 Å². The summed E-state index contributed by atoms with van der Waals surface area (Å²) in [5.74, 6) is -0.159. The molecule has 0 aliphatic heterocycles. The highest BCUT2D eigenvalue weighted by atomic mass is 16.5. The molecular formula is C19H22N2O2. The molecule has 4 heteroatoms. The average Bonchev–Trinajstić information content (AvgIpc) is 2.61. The summed E-state index contributed by atoms with van der Waals surface area (Å²) < 4.78 is 5.51. The maximum absolute atomic E-state index is 12.4. The van der Waals surface area contributed by atoms with Gasteiger partial charge in [-0.1, -0.05) is 42.5 Å². The second-order valence-electron chi connectivity index (χ2n) is 5.20. The van der Waals surface area contributed by atoms with Crippen molar-refractivity contribution in [1.82, 2.24) is 10.3 Å². The maximum Gasteiger partial charge on any atom is 0.249 e. The van der Waals surface area contributed by atoms with Crippen molar-refractivity contribution in [1.29, 1.82) is 0 Å². The van der Waals surface area contributed by atoms with Gasteiger partial charge in [0.1, 0.15) is 6.10 Å². The van der Waals surface area contributed by atoms with Crippen molar-refractivity contribution in [2.45, 2.75) is 25.5 Å². The van der Waals surface area contributed by atoms with Gasteiger partial charge in [-0.25, -0.2) is 0 Å². The molecule has 0 saturated heterocycles. The molecular weight excluding hydrogens is 288 g/mol. The Morgan fingerprint density at radius 1 is 1.26 bits per heavy atom. The summed E-state index contributed by atoms with van der Waals surface area (Å²) in [6.07, 6.45) is 3.69. The van der Waals surface area contributed by atoms with Crippen LogP contribution in [0.2, 0.25) is 0 Å². The lowest BCUT2D eigenvalue weighted by molar-refractivity contribution is -0.132. The molecule has 1 aromatic heterocycles. The van der Waals surface area contributed by atoms with Gasteiger partial charge in [0.15, 0.2) is 0 Å².